The first kappa shape index (κ1) is 19.8. The number of hydrogen-bond donors (Lipinski definition) is 1. The van der Waals surface area contributed by atoms with Gasteiger partial charge in [0.15, 0.2) is 0 Å². The number of aromatic nitrogens is 1. The molecular formula is C21H22N2O4S. The molecule has 0 aliphatic rings. The van der Waals surface area contributed by atoms with Gasteiger partial charge < -0.3 is 14.4 Å². The summed E-state index contributed by atoms with van der Waals surface area (Å²) in [5, 5.41) is 11.9. The summed E-state index contributed by atoms with van der Waals surface area (Å²) in [6.45, 7) is 3.92. The molecule has 0 saturated heterocycles. The van der Waals surface area contributed by atoms with Crippen LogP contribution in [0.15, 0.2) is 40.1 Å². The van der Waals surface area contributed by atoms with Crippen molar-refractivity contribution in [3.05, 3.63) is 64.1 Å². The summed E-state index contributed by atoms with van der Waals surface area (Å²) in [7, 11) is 1.66. The average Bonchev–Trinajstić information content (AvgIpc) is 3.28. The molecule has 2 aromatic heterocycles. The highest BCUT2D eigenvalue weighted by molar-refractivity contribution is 7.13. The molecule has 0 saturated carbocycles. The van der Waals surface area contributed by atoms with Crippen LogP contribution in [0.2, 0.25) is 0 Å². The number of benzene rings is 1. The van der Waals surface area contributed by atoms with Gasteiger partial charge in [0.25, 0.3) is 0 Å². The predicted molar refractivity (Wildman–Crippen MR) is 108 cm³/mol. The van der Waals surface area contributed by atoms with Crippen LogP contribution in [0.25, 0.3) is 10.6 Å². The molecule has 0 spiro atoms. The van der Waals surface area contributed by atoms with E-state index < -0.39 is 5.97 Å². The molecule has 1 aromatic carbocycles. The van der Waals surface area contributed by atoms with Crippen molar-refractivity contribution >= 4 is 23.2 Å². The number of nitrogens with zero attached hydrogens (tertiary/aromatic N) is 2. The van der Waals surface area contributed by atoms with Gasteiger partial charge in [0, 0.05) is 18.0 Å². The molecule has 0 unspecified atom stereocenters. The van der Waals surface area contributed by atoms with E-state index in [0.717, 1.165) is 22.7 Å². The van der Waals surface area contributed by atoms with Crippen LogP contribution < -0.4 is 0 Å². The van der Waals surface area contributed by atoms with Crippen LogP contribution in [0, 0.1) is 6.92 Å². The lowest BCUT2D eigenvalue weighted by Gasteiger charge is -2.14. The van der Waals surface area contributed by atoms with Gasteiger partial charge in [-0.1, -0.05) is 31.2 Å². The maximum absolute atomic E-state index is 12.5. The van der Waals surface area contributed by atoms with Crippen LogP contribution in [-0.2, 0) is 24.2 Å². The fourth-order valence-corrected chi connectivity index (χ4v) is 3.68. The number of carbonyl (C=O) groups excluding carboxylic acids is 1. The van der Waals surface area contributed by atoms with Crippen molar-refractivity contribution in [2.75, 3.05) is 7.05 Å². The fourth-order valence-electron chi connectivity index (χ4n) is 2.85. The zero-order chi connectivity index (χ0) is 20.3. The maximum Gasteiger partial charge on any atom is 0.339 e. The Balaban J connectivity index is 1.63. The maximum atomic E-state index is 12.5. The van der Waals surface area contributed by atoms with Crippen molar-refractivity contribution < 1.29 is 19.1 Å². The van der Waals surface area contributed by atoms with E-state index >= 15 is 0 Å². The highest BCUT2D eigenvalue weighted by Gasteiger charge is 2.18. The van der Waals surface area contributed by atoms with Crippen LogP contribution in [0.3, 0.4) is 0 Å². The van der Waals surface area contributed by atoms with Crippen LogP contribution in [-0.4, -0.2) is 33.9 Å². The van der Waals surface area contributed by atoms with Gasteiger partial charge in [0.05, 0.1) is 18.7 Å². The third-order valence-electron chi connectivity index (χ3n) is 4.51. The second-order valence-electron chi connectivity index (χ2n) is 6.61. The Morgan fingerprint density at radius 2 is 1.96 bits per heavy atom. The van der Waals surface area contributed by atoms with Gasteiger partial charge in [-0.2, -0.15) is 0 Å². The van der Waals surface area contributed by atoms with Gasteiger partial charge >= 0.3 is 5.97 Å². The first-order valence-corrected chi connectivity index (χ1v) is 9.85. The monoisotopic (exact) mass is 398 g/mol. The Kier molecular flexibility index (Phi) is 5.94. The summed E-state index contributed by atoms with van der Waals surface area (Å²) >= 11 is 1.52. The van der Waals surface area contributed by atoms with Gasteiger partial charge in [-0.3, -0.25) is 4.79 Å². The van der Waals surface area contributed by atoms with E-state index in [1.54, 1.807) is 14.0 Å². The number of hydrogen-bond acceptors (Lipinski definition) is 5. The number of carboxylic acid groups (broad SMARTS) is 1. The second-order valence-corrected chi connectivity index (χ2v) is 7.47. The molecular weight excluding hydrogens is 376 g/mol. The smallest absolute Gasteiger partial charge is 0.339 e. The lowest BCUT2D eigenvalue weighted by molar-refractivity contribution is -0.130. The molecule has 6 nitrogen and oxygen atoms in total. The summed E-state index contributed by atoms with van der Waals surface area (Å²) in [5.74, 6) is -0.366. The van der Waals surface area contributed by atoms with E-state index in [1.165, 1.54) is 27.9 Å². The van der Waals surface area contributed by atoms with Gasteiger partial charge in [0.1, 0.15) is 22.1 Å². The fraction of sp³-hybridized carbons (Fsp3) is 0.286. The van der Waals surface area contributed by atoms with Gasteiger partial charge in [-0.15, -0.1) is 11.3 Å². The minimum absolute atomic E-state index is 0.107. The number of carbonyl (C=O) groups is 2. The van der Waals surface area contributed by atoms with Crippen molar-refractivity contribution in [1.29, 1.82) is 0 Å². The van der Waals surface area contributed by atoms with Crippen LogP contribution in [0.4, 0.5) is 0 Å². The van der Waals surface area contributed by atoms with Crippen molar-refractivity contribution in [3.8, 4) is 10.6 Å². The molecule has 2 heterocycles. The normalized spacial score (nSPS) is 10.8. The summed E-state index contributed by atoms with van der Waals surface area (Å²) in [5.41, 5.74) is 3.16. The highest BCUT2D eigenvalue weighted by Crippen LogP contribution is 2.25. The second kappa shape index (κ2) is 8.39. The average molecular weight is 398 g/mol. The number of aromatic carboxylic acids is 1. The highest BCUT2D eigenvalue weighted by atomic mass is 32.1. The molecule has 3 aromatic rings. The summed E-state index contributed by atoms with van der Waals surface area (Å²) in [6, 6.07) is 9.74. The minimum Gasteiger partial charge on any atom is -0.478 e. The summed E-state index contributed by atoms with van der Waals surface area (Å²) in [6.07, 6.45) is 1.18. The molecule has 0 bridgehead atoms. The number of likely N-dealkylation sites (N-methyl/N-ethyl adjacent to an activating group) is 1. The first-order chi connectivity index (χ1) is 13.4. The number of furan rings is 1. The number of rotatable bonds is 7. The van der Waals surface area contributed by atoms with E-state index in [-0.39, 0.29) is 24.4 Å². The zero-order valence-corrected chi connectivity index (χ0v) is 16.9. The molecule has 0 atom stereocenters. The number of carboxylic acids is 1. The summed E-state index contributed by atoms with van der Waals surface area (Å²) < 4.78 is 5.44. The molecule has 0 fully saturated rings. The molecule has 0 aliphatic carbocycles. The van der Waals surface area contributed by atoms with E-state index in [4.69, 9.17) is 9.52 Å². The Morgan fingerprint density at radius 1 is 1.25 bits per heavy atom. The van der Waals surface area contributed by atoms with Crippen molar-refractivity contribution in [2.24, 2.45) is 0 Å². The number of amides is 1. The van der Waals surface area contributed by atoms with E-state index in [2.05, 4.69) is 36.2 Å². The Morgan fingerprint density at radius 3 is 2.57 bits per heavy atom. The number of thiazole rings is 1. The van der Waals surface area contributed by atoms with Crippen LogP contribution >= 0.6 is 11.3 Å². The molecule has 0 aliphatic heterocycles. The third-order valence-corrected chi connectivity index (χ3v) is 5.45. The quantitative estimate of drug-likeness (QED) is 0.646. The lowest BCUT2D eigenvalue weighted by Crippen LogP contribution is -2.27. The minimum atomic E-state index is -1.04. The van der Waals surface area contributed by atoms with Crippen molar-refractivity contribution in [2.45, 2.75) is 33.2 Å². The van der Waals surface area contributed by atoms with Crippen LogP contribution in [0.1, 0.15) is 40.1 Å². The Labute approximate surface area is 167 Å². The Bertz CT molecular complexity index is 988. The molecule has 28 heavy (non-hydrogen) atoms. The molecule has 1 N–H and O–H groups in total. The topological polar surface area (TPSA) is 83.6 Å². The van der Waals surface area contributed by atoms with Gasteiger partial charge in [-0.25, -0.2) is 9.78 Å². The lowest BCUT2D eigenvalue weighted by atomic mass is 10.1. The Hall–Kier alpha value is -2.93. The van der Waals surface area contributed by atoms with E-state index in [0.29, 0.717) is 11.5 Å². The summed E-state index contributed by atoms with van der Waals surface area (Å²) in [4.78, 5) is 29.7. The zero-order valence-electron chi connectivity index (χ0n) is 16.1. The van der Waals surface area contributed by atoms with Crippen molar-refractivity contribution in [3.63, 3.8) is 0 Å². The molecule has 7 heteroatoms. The largest absolute Gasteiger partial charge is 0.478 e. The molecule has 3 rings (SSSR count). The predicted octanol–water partition coefficient (Wildman–Crippen LogP) is 4.17. The number of aryl methyl sites for hydroxylation is 2. The van der Waals surface area contributed by atoms with Crippen LogP contribution in [0.5, 0.6) is 0 Å². The third kappa shape index (κ3) is 4.48. The standard InChI is InChI=1S/C21H22N2O4S/c1-4-14-5-7-15(8-6-14)20-22-16(12-28-20)9-19(24)23(3)11-17-10-18(21(25)26)13(2)27-17/h5-8,10,12H,4,9,11H2,1-3H3,(H,25,26). The SMILES string of the molecule is CCc1ccc(-c2nc(CC(=O)N(C)Cc3cc(C(=O)O)c(C)o3)cs2)cc1. The molecule has 0 radical (unpaired) electrons. The first-order valence-electron chi connectivity index (χ1n) is 8.97. The molecule has 1 amide bonds. The molecule has 146 valence electrons. The van der Waals surface area contributed by atoms with E-state index in [1.807, 2.05) is 5.38 Å². The van der Waals surface area contributed by atoms with Gasteiger partial charge in [-0.05, 0) is 25.0 Å². The van der Waals surface area contributed by atoms with Crippen molar-refractivity contribution in [1.82, 2.24) is 9.88 Å². The van der Waals surface area contributed by atoms with Gasteiger partial charge in [0.2, 0.25) is 5.91 Å². The van der Waals surface area contributed by atoms with E-state index in [9.17, 15) is 9.59 Å².